The molecule has 1 aromatic carbocycles. The number of carbonyl (C=O) groups is 1. The van der Waals surface area contributed by atoms with Gasteiger partial charge >= 0.3 is 6.03 Å². The van der Waals surface area contributed by atoms with Gasteiger partial charge in [-0.2, -0.15) is 0 Å². The maximum absolute atomic E-state index is 11.7. The highest BCUT2D eigenvalue weighted by molar-refractivity contribution is 6.30. The quantitative estimate of drug-likeness (QED) is 0.673. The van der Waals surface area contributed by atoms with Crippen molar-refractivity contribution in [2.45, 2.75) is 13.0 Å². The third kappa shape index (κ3) is 3.60. The molecule has 1 aliphatic heterocycles. The smallest absolute Gasteiger partial charge is 0.319 e. The monoisotopic (exact) mass is 268 g/mol. The molecule has 1 aromatic rings. The number of nitrogens with one attached hydrogen (secondary N) is 4. The van der Waals surface area contributed by atoms with Crippen LogP contribution in [0.25, 0.3) is 0 Å². The standard InChI is InChI=1S/C12H17ClN4O/c1-8-9(7-15-17-8)6-14-12(18)16-11-4-2-3-10(13)5-11/h2-5,8-9,15,17H,6-7H2,1H3,(H2,14,16,18). The Kier molecular flexibility index (Phi) is 4.41. The summed E-state index contributed by atoms with van der Waals surface area (Å²) >= 11 is 5.84. The Morgan fingerprint density at radius 3 is 3.06 bits per heavy atom. The summed E-state index contributed by atoms with van der Waals surface area (Å²) in [7, 11) is 0. The van der Waals surface area contributed by atoms with E-state index in [2.05, 4.69) is 28.4 Å². The zero-order chi connectivity index (χ0) is 13.0. The Balaban J connectivity index is 1.78. The largest absolute Gasteiger partial charge is 0.337 e. The van der Waals surface area contributed by atoms with Gasteiger partial charge in [0.1, 0.15) is 0 Å². The molecular weight excluding hydrogens is 252 g/mol. The lowest BCUT2D eigenvalue weighted by Gasteiger charge is -2.14. The minimum absolute atomic E-state index is 0.212. The van der Waals surface area contributed by atoms with Crippen LogP contribution in [0.3, 0.4) is 0 Å². The second-order valence-corrected chi connectivity index (χ2v) is 4.86. The number of carbonyl (C=O) groups excluding carboxylic acids is 1. The minimum atomic E-state index is -0.212. The van der Waals surface area contributed by atoms with E-state index < -0.39 is 0 Å². The number of amides is 2. The molecule has 0 radical (unpaired) electrons. The topological polar surface area (TPSA) is 65.2 Å². The summed E-state index contributed by atoms with van der Waals surface area (Å²) in [5.74, 6) is 0.398. The predicted octanol–water partition coefficient (Wildman–Crippen LogP) is 1.57. The van der Waals surface area contributed by atoms with E-state index in [-0.39, 0.29) is 6.03 Å². The first-order valence-electron chi connectivity index (χ1n) is 5.94. The van der Waals surface area contributed by atoms with Crippen LogP contribution in [0.5, 0.6) is 0 Å². The molecule has 1 aliphatic rings. The number of benzene rings is 1. The number of hydrazine groups is 1. The normalized spacial score (nSPS) is 22.8. The summed E-state index contributed by atoms with van der Waals surface area (Å²) in [5.41, 5.74) is 6.87. The molecule has 2 unspecified atom stereocenters. The van der Waals surface area contributed by atoms with E-state index in [1.807, 2.05) is 0 Å². The molecule has 0 spiro atoms. The second kappa shape index (κ2) is 6.04. The minimum Gasteiger partial charge on any atom is -0.337 e. The van der Waals surface area contributed by atoms with Gasteiger partial charge in [-0.25, -0.2) is 4.79 Å². The molecule has 2 atom stereocenters. The van der Waals surface area contributed by atoms with E-state index in [0.717, 1.165) is 6.54 Å². The molecule has 1 fully saturated rings. The highest BCUT2D eigenvalue weighted by Crippen LogP contribution is 2.14. The van der Waals surface area contributed by atoms with Gasteiger partial charge < -0.3 is 10.6 Å². The van der Waals surface area contributed by atoms with Gasteiger partial charge in [0.05, 0.1) is 0 Å². The fourth-order valence-corrected chi connectivity index (χ4v) is 2.05. The summed E-state index contributed by atoms with van der Waals surface area (Å²) in [6.07, 6.45) is 0. The Morgan fingerprint density at radius 1 is 1.56 bits per heavy atom. The van der Waals surface area contributed by atoms with Crippen LogP contribution in [0, 0.1) is 5.92 Å². The van der Waals surface area contributed by atoms with Gasteiger partial charge in [0, 0.05) is 35.8 Å². The van der Waals surface area contributed by atoms with Gasteiger partial charge in [-0.15, -0.1) is 0 Å². The molecular formula is C12H17ClN4O. The van der Waals surface area contributed by atoms with E-state index in [0.29, 0.717) is 29.2 Å². The predicted molar refractivity (Wildman–Crippen MR) is 72.6 cm³/mol. The molecule has 2 rings (SSSR count). The molecule has 98 valence electrons. The lowest BCUT2D eigenvalue weighted by atomic mass is 10.0. The summed E-state index contributed by atoms with van der Waals surface area (Å²) in [6, 6.07) is 7.22. The zero-order valence-electron chi connectivity index (χ0n) is 10.2. The van der Waals surface area contributed by atoms with Crippen molar-refractivity contribution in [3.8, 4) is 0 Å². The van der Waals surface area contributed by atoms with Crippen LogP contribution >= 0.6 is 11.6 Å². The van der Waals surface area contributed by atoms with Gasteiger partial charge in [-0.3, -0.25) is 10.9 Å². The van der Waals surface area contributed by atoms with Crippen LogP contribution in [0.4, 0.5) is 10.5 Å². The number of hydrogen-bond donors (Lipinski definition) is 4. The maximum atomic E-state index is 11.7. The molecule has 1 saturated heterocycles. The van der Waals surface area contributed by atoms with Crippen molar-refractivity contribution in [3.63, 3.8) is 0 Å². The van der Waals surface area contributed by atoms with Crippen molar-refractivity contribution in [3.05, 3.63) is 29.3 Å². The molecule has 1 heterocycles. The van der Waals surface area contributed by atoms with Crippen molar-refractivity contribution < 1.29 is 4.79 Å². The number of hydrogen-bond acceptors (Lipinski definition) is 3. The van der Waals surface area contributed by atoms with Crippen molar-refractivity contribution in [1.29, 1.82) is 0 Å². The first-order valence-corrected chi connectivity index (χ1v) is 6.32. The molecule has 0 saturated carbocycles. The summed E-state index contributed by atoms with van der Waals surface area (Å²) < 4.78 is 0. The average Bonchev–Trinajstić information content (AvgIpc) is 2.72. The van der Waals surface area contributed by atoms with Gasteiger partial charge in [-0.05, 0) is 25.1 Å². The molecule has 6 heteroatoms. The van der Waals surface area contributed by atoms with E-state index >= 15 is 0 Å². The summed E-state index contributed by atoms with van der Waals surface area (Å²) in [5, 5.41) is 6.20. The fraction of sp³-hybridized carbons (Fsp3) is 0.417. The van der Waals surface area contributed by atoms with E-state index in [4.69, 9.17) is 11.6 Å². The molecule has 0 bridgehead atoms. The second-order valence-electron chi connectivity index (χ2n) is 4.42. The lowest BCUT2D eigenvalue weighted by molar-refractivity contribution is 0.250. The summed E-state index contributed by atoms with van der Waals surface area (Å²) in [6.45, 7) is 3.58. The fourth-order valence-electron chi connectivity index (χ4n) is 1.86. The zero-order valence-corrected chi connectivity index (χ0v) is 10.9. The Morgan fingerprint density at radius 2 is 2.39 bits per heavy atom. The van der Waals surface area contributed by atoms with E-state index in [9.17, 15) is 4.79 Å². The third-order valence-corrected chi connectivity index (χ3v) is 3.24. The molecule has 0 aliphatic carbocycles. The molecule has 5 nitrogen and oxygen atoms in total. The van der Waals surface area contributed by atoms with Crippen LogP contribution in [-0.4, -0.2) is 25.2 Å². The molecule has 0 aromatic heterocycles. The van der Waals surface area contributed by atoms with E-state index in [1.165, 1.54) is 0 Å². The highest BCUT2D eigenvalue weighted by atomic mass is 35.5. The first-order chi connectivity index (χ1) is 8.65. The van der Waals surface area contributed by atoms with Crippen LogP contribution in [0.2, 0.25) is 5.02 Å². The highest BCUT2D eigenvalue weighted by Gasteiger charge is 2.22. The maximum Gasteiger partial charge on any atom is 0.319 e. The van der Waals surface area contributed by atoms with Crippen LogP contribution in [0.1, 0.15) is 6.92 Å². The van der Waals surface area contributed by atoms with Crippen molar-refractivity contribution in [2.24, 2.45) is 5.92 Å². The first kappa shape index (κ1) is 13.1. The Bertz CT molecular complexity index is 426. The molecule has 4 N–H and O–H groups in total. The Hall–Kier alpha value is -1.30. The molecule has 2 amide bonds. The molecule has 18 heavy (non-hydrogen) atoms. The number of halogens is 1. The van der Waals surface area contributed by atoms with Crippen molar-refractivity contribution in [1.82, 2.24) is 16.2 Å². The number of anilines is 1. The van der Waals surface area contributed by atoms with Gasteiger partial charge in [0.25, 0.3) is 0 Å². The van der Waals surface area contributed by atoms with Crippen molar-refractivity contribution >= 4 is 23.3 Å². The van der Waals surface area contributed by atoms with Gasteiger partial charge in [0.15, 0.2) is 0 Å². The van der Waals surface area contributed by atoms with Crippen LogP contribution < -0.4 is 21.5 Å². The number of rotatable bonds is 3. The Labute approximate surface area is 111 Å². The van der Waals surface area contributed by atoms with Crippen LogP contribution in [0.15, 0.2) is 24.3 Å². The van der Waals surface area contributed by atoms with Gasteiger partial charge in [-0.1, -0.05) is 17.7 Å². The van der Waals surface area contributed by atoms with E-state index in [1.54, 1.807) is 24.3 Å². The SMILES string of the molecule is CC1NNCC1CNC(=O)Nc1cccc(Cl)c1. The van der Waals surface area contributed by atoms with Crippen LogP contribution in [-0.2, 0) is 0 Å². The lowest BCUT2D eigenvalue weighted by Crippen LogP contribution is -2.37. The van der Waals surface area contributed by atoms with Gasteiger partial charge in [0.2, 0.25) is 0 Å². The number of urea groups is 1. The van der Waals surface area contributed by atoms with Crippen molar-refractivity contribution in [2.75, 3.05) is 18.4 Å². The average molecular weight is 269 g/mol. The summed E-state index contributed by atoms with van der Waals surface area (Å²) in [4.78, 5) is 11.7. The third-order valence-electron chi connectivity index (χ3n) is 3.01.